The molecule has 0 unspecified atom stereocenters. The van der Waals surface area contributed by atoms with Gasteiger partial charge in [0, 0.05) is 11.6 Å². The van der Waals surface area contributed by atoms with E-state index in [0.717, 1.165) is 5.56 Å². The van der Waals surface area contributed by atoms with Gasteiger partial charge in [0.1, 0.15) is 5.70 Å². The summed E-state index contributed by atoms with van der Waals surface area (Å²) < 4.78 is 5.21. The molecule has 0 bridgehead atoms. The minimum absolute atomic E-state index is 0.346. The first-order valence-corrected chi connectivity index (χ1v) is 4.79. The van der Waals surface area contributed by atoms with E-state index in [1.165, 1.54) is 19.3 Å². The third-order valence-corrected chi connectivity index (χ3v) is 2.29. The number of hydrogen-bond acceptors (Lipinski definition) is 3. The summed E-state index contributed by atoms with van der Waals surface area (Å²) in [7, 11) is 1.50. The minimum atomic E-state index is -0.472. The molecule has 1 N–H and O–H groups in total. The number of carbonyl (C=O) groups excluding carboxylic acids is 1. The lowest BCUT2D eigenvalue weighted by Crippen LogP contribution is -2.20. The van der Waals surface area contributed by atoms with Crippen LogP contribution in [0, 0.1) is 0 Å². The van der Waals surface area contributed by atoms with Crippen molar-refractivity contribution in [3.05, 3.63) is 53.7 Å². The lowest BCUT2D eigenvalue weighted by Gasteiger charge is -2.14. The number of allylic oxidation sites excluding steroid dienone is 1. The van der Waals surface area contributed by atoms with Crippen molar-refractivity contribution in [1.29, 1.82) is 0 Å². The molecular weight excluding hydrogens is 206 g/mol. The zero-order valence-corrected chi connectivity index (χ0v) is 8.75. The van der Waals surface area contributed by atoms with Gasteiger partial charge in [-0.25, -0.2) is 0 Å². The molecule has 4 heteroatoms. The highest BCUT2D eigenvalue weighted by molar-refractivity contribution is 5.94. The fourth-order valence-electron chi connectivity index (χ4n) is 1.54. The average Bonchev–Trinajstić information content (AvgIpc) is 2.64. The third-order valence-electron chi connectivity index (χ3n) is 2.29. The molecule has 0 fully saturated rings. The second kappa shape index (κ2) is 4.20. The van der Waals surface area contributed by atoms with E-state index in [1.54, 1.807) is 0 Å². The first-order chi connectivity index (χ1) is 7.74. The maximum absolute atomic E-state index is 11.1. The van der Waals surface area contributed by atoms with Crippen LogP contribution in [-0.2, 0) is 9.53 Å². The van der Waals surface area contributed by atoms with Crippen molar-refractivity contribution in [2.45, 2.75) is 0 Å². The Morgan fingerprint density at radius 2 is 1.94 bits per heavy atom. The van der Waals surface area contributed by atoms with Crippen molar-refractivity contribution in [2.75, 3.05) is 7.11 Å². The highest BCUT2D eigenvalue weighted by Gasteiger charge is 2.23. The van der Waals surface area contributed by atoms with Crippen molar-refractivity contribution in [3.63, 3.8) is 0 Å². The molecule has 1 heterocycles. The molecule has 0 aliphatic carbocycles. The number of carbonyl (C=O) groups is 1. The van der Waals surface area contributed by atoms with E-state index < -0.39 is 5.91 Å². The van der Waals surface area contributed by atoms with Gasteiger partial charge < -0.3 is 4.74 Å². The van der Waals surface area contributed by atoms with Crippen LogP contribution in [0.25, 0.3) is 5.76 Å². The van der Waals surface area contributed by atoms with Gasteiger partial charge in [-0.3, -0.25) is 10.0 Å². The van der Waals surface area contributed by atoms with Crippen LogP contribution < -0.4 is 0 Å². The maximum Gasteiger partial charge on any atom is 0.274 e. The Bertz CT molecular complexity index is 462. The largest absolute Gasteiger partial charge is 0.494 e. The van der Waals surface area contributed by atoms with Gasteiger partial charge in [0.25, 0.3) is 5.91 Å². The van der Waals surface area contributed by atoms with E-state index in [4.69, 9.17) is 4.74 Å². The third kappa shape index (κ3) is 1.70. The Morgan fingerprint density at radius 3 is 2.44 bits per heavy atom. The molecule has 16 heavy (non-hydrogen) atoms. The Hall–Kier alpha value is -2.07. The Balaban J connectivity index is 2.48. The standard InChI is InChI=1S/C12H11NO3/c1-16-12(9-5-3-2-4-6-9)10-7-8-11(14)13(10)15/h2-8,15H,1H3. The van der Waals surface area contributed by atoms with E-state index in [-0.39, 0.29) is 0 Å². The van der Waals surface area contributed by atoms with Crippen LogP contribution in [-0.4, -0.2) is 23.3 Å². The predicted molar refractivity (Wildman–Crippen MR) is 58.1 cm³/mol. The lowest BCUT2D eigenvalue weighted by molar-refractivity contribution is -0.148. The summed E-state index contributed by atoms with van der Waals surface area (Å²) in [5, 5.41) is 10.1. The summed E-state index contributed by atoms with van der Waals surface area (Å²) in [6, 6.07) is 9.29. The van der Waals surface area contributed by atoms with E-state index >= 15 is 0 Å². The van der Waals surface area contributed by atoms with E-state index in [0.29, 0.717) is 16.5 Å². The zero-order chi connectivity index (χ0) is 11.5. The Morgan fingerprint density at radius 1 is 1.25 bits per heavy atom. The fourth-order valence-corrected chi connectivity index (χ4v) is 1.54. The van der Waals surface area contributed by atoms with Crippen LogP contribution in [0.15, 0.2) is 48.2 Å². The summed E-state index contributed by atoms with van der Waals surface area (Å²) in [6.07, 6.45) is 2.81. The highest BCUT2D eigenvalue weighted by atomic mass is 16.5. The maximum atomic E-state index is 11.1. The number of methoxy groups -OCH3 is 1. The summed E-state index contributed by atoms with van der Waals surface area (Å²) in [5.41, 5.74) is 1.15. The van der Waals surface area contributed by atoms with E-state index in [1.807, 2.05) is 30.3 Å². The Labute approximate surface area is 93.0 Å². The van der Waals surface area contributed by atoms with Crippen LogP contribution in [0.5, 0.6) is 0 Å². The molecule has 1 aliphatic rings. The van der Waals surface area contributed by atoms with Crippen molar-refractivity contribution in [3.8, 4) is 0 Å². The van der Waals surface area contributed by atoms with Crippen molar-refractivity contribution < 1.29 is 14.7 Å². The van der Waals surface area contributed by atoms with Crippen molar-refractivity contribution in [2.24, 2.45) is 0 Å². The van der Waals surface area contributed by atoms with Gasteiger partial charge in [-0.2, -0.15) is 5.06 Å². The number of nitrogens with zero attached hydrogens (tertiary/aromatic N) is 1. The molecule has 0 aromatic heterocycles. The number of rotatable bonds is 2. The molecule has 0 radical (unpaired) electrons. The first-order valence-electron chi connectivity index (χ1n) is 4.79. The topological polar surface area (TPSA) is 49.8 Å². The smallest absolute Gasteiger partial charge is 0.274 e. The molecule has 0 atom stereocenters. The van der Waals surface area contributed by atoms with Crippen molar-refractivity contribution in [1.82, 2.24) is 5.06 Å². The highest BCUT2D eigenvalue weighted by Crippen LogP contribution is 2.25. The van der Waals surface area contributed by atoms with Crippen LogP contribution in [0.1, 0.15) is 5.56 Å². The molecule has 0 saturated heterocycles. The summed E-state index contributed by atoms with van der Waals surface area (Å²) >= 11 is 0. The van der Waals surface area contributed by atoms with Gasteiger partial charge in [-0.1, -0.05) is 30.3 Å². The SMILES string of the molecule is COC(=C1C=CC(=O)N1O)c1ccccc1. The van der Waals surface area contributed by atoms with Crippen LogP contribution in [0.3, 0.4) is 0 Å². The second-order valence-electron chi connectivity index (χ2n) is 3.27. The van der Waals surface area contributed by atoms with Gasteiger partial charge in [0.15, 0.2) is 5.76 Å². The van der Waals surface area contributed by atoms with Gasteiger partial charge in [-0.05, 0) is 6.08 Å². The van der Waals surface area contributed by atoms with Crippen LogP contribution in [0.4, 0.5) is 0 Å². The summed E-state index contributed by atoms with van der Waals surface area (Å²) in [5.74, 6) is -0.00863. The van der Waals surface area contributed by atoms with E-state index in [2.05, 4.69) is 0 Å². The molecule has 1 aromatic rings. The van der Waals surface area contributed by atoms with Gasteiger partial charge >= 0.3 is 0 Å². The molecule has 82 valence electrons. The number of hydroxylamine groups is 2. The predicted octanol–water partition coefficient (Wildman–Crippen LogP) is 1.79. The number of ether oxygens (including phenoxy) is 1. The summed E-state index contributed by atoms with van der Waals surface area (Å²) in [4.78, 5) is 11.1. The molecule has 1 aliphatic heterocycles. The zero-order valence-electron chi connectivity index (χ0n) is 8.75. The van der Waals surface area contributed by atoms with Gasteiger partial charge in [0.2, 0.25) is 0 Å². The van der Waals surface area contributed by atoms with Gasteiger partial charge in [0.05, 0.1) is 7.11 Å². The fraction of sp³-hybridized carbons (Fsp3) is 0.0833. The normalized spacial score (nSPS) is 17.9. The van der Waals surface area contributed by atoms with E-state index in [9.17, 15) is 10.0 Å². The van der Waals surface area contributed by atoms with Gasteiger partial charge in [-0.15, -0.1) is 0 Å². The number of benzene rings is 1. The molecule has 0 spiro atoms. The lowest BCUT2D eigenvalue weighted by atomic mass is 10.1. The monoisotopic (exact) mass is 217 g/mol. The Kier molecular flexibility index (Phi) is 2.74. The molecule has 4 nitrogen and oxygen atoms in total. The number of amides is 1. The summed E-state index contributed by atoms with van der Waals surface area (Å²) in [6.45, 7) is 0. The molecule has 1 aromatic carbocycles. The quantitative estimate of drug-likeness (QED) is 0.607. The molecule has 2 rings (SSSR count). The van der Waals surface area contributed by atoms with Crippen LogP contribution >= 0.6 is 0 Å². The minimum Gasteiger partial charge on any atom is -0.494 e. The molecular formula is C12H11NO3. The van der Waals surface area contributed by atoms with Crippen molar-refractivity contribution >= 4 is 11.7 Å². The number of hydrogen-bond donors (Lipinski definition) is 1. The molecule has 1 amide bonds. The van der Waals surface area contributed by atoms with Crippen LogP contribution in [0.2, 0.25) is 0 Å². The second-order valence-corrected chi connectivity index (χ2v) is 3.27. The average molecular weight is 217 g/mol. The molecule has 0 saturated carbocycles. The first kappa shape index (κ1) is 10.4.